The highest BCUT2D eigenvalue weighted by Crippen LogP contribution is 2.29. The van der Waals surface area contributed by atoms with Crippen molar-refractivity contribution in [3.8, 4) is 0 Å². The Labute approximate surface area is 139 Å². The fraction of sp³-hybridized carbons (Fsp3) is 0.615. The number of nitrogens with two attached hydrogens (primary N) is 1. The molecule has 0 spiro atoms. The number of carbonyl (C=O) groups excluding carboxylic acids is 2. The van der Waals surface area contributed by atoms with Crippen LogP contribution in [0.2, 0.25) is 0 Å². The van der Waals surface area contributed by atoms with Gasteiger partial charge in [0.05, 0.1) is 6.54 Å². The van der Waals surface area contributed by atoms with Crippen LogP contribution in [0.1, 0.15) is 19.8 Å². The van der Waals surface area contributed by atoms with Crippen molar-refractivity contribution >= 4 is 29.6 Å². The first-order chi connectivity index (χ1) is 10.7. The van der Waals surface area contributed by atoms with Gasteiger partial charge in [-0.2, -0.15) is 0 Å². The van der Waals surface area contributed by atoms with Gasteiger partial charge < -0.3 is 30.7 Å². The van der Waals surface area contributed by atoms with Gasteiger partial charge in [0.2, 0.25) is 6.41 Å². The lowest BCUT2D eigenvalue weighted by atomic mass is 10.2. The fourth-order valence-corrected chi connectivity index (χ4v) is 2.10. The van der Waals surface area contributed by atoms with Gasteiger partial charge >= 0.3 is 11.9 Å². The van der Waals surface area contributed by atoms with Crippen molar-refractivity contribution in [2.45, 2.75) is 38.1 Å². The number of thiocarbonyl (C=S) groups is 1. The molecule has 1 aliphatic heterocycles. The number of likely N-dealkylation sites (N-methyl/N-ethyl adjacent to an activating group) is 1. The Hall–Kier alpha value is -1.59. The number of carbonyl (C=O) groups is 2. The first kappa shape index (κ1) is 19.5. The molecule has 2 atom stereocenters. The quantitative estimate of drug-likeness (QED) is 0.143. The summed E-state index contributed by atoms with van der Waals surface area (Å²) in [5.41, 5.74) is 5.69. The molecule has 1 rings (SSSR count). The number of rotatable bonds is 7. The summed E-state index contributed by atoms with van der Waals surface area (Å²) in [6, 6.07) is 0. The molecule has 1 saturated heterocycles. The van der Waals surface area contributed by atoms with Crippen molar-refractivity contribution in [2.75, 3.05) is 13.6 Å². The Morgan fingerprint density at radius 2 is 2.22 bits per heavy atom. The summed E-state index contributed by atoms with van der Waals surface area (Å²) in [4.78, 5) is 24.0. The highest BCUT2D eigenvalue weighted by molar-refractivity contribution is 7.80. The zero-order valence-electron chi connectivity index (χ0n) is 12.9. The summed E-state index contributed by atoms with van der Waals surface area (Å²) in [7, 11) is 1.66. The molecule has 0 aromatic carbocycles. The monoisotopic (exact) mass is 347 g/mol. The van der Waals surface area contributed by atoms with E-state index in [1.54, 1.807) is 14.0 Å². The first-order valence-electron chi connectivity index (χ1n) is 6.90. The number of nitrogens with one attached hydrogen (secondary N) is 1. The van der Waals surface area contributed by atoms with Crippen molar-refractivity contribution in [1.82, 2.24) is 10.2 Å². The molecule has 5 N–H and O–H groups in total. The maximum Gasteiger partial charge on any atom is 0.352 e. The number of nitrogens with zero attached hydrogens (tertiary/aromatic N) is 1. The second-order valence-electron chi connectivity index (χ2n) is 4.94. The van der Waals surface area contributed by atoms with Gasteiger partial charge in [-0.25, -0.2) is 0 Å². The highest BCUT2D eigenvalue weighted by Gasteiger charge is 2.45. The van der Waals surface area contributed by atoms with E-state index < -0.39 is 30.8 Å². The minimum absolute atomic E-state index is 0.170. The molecule has 0 aliphatic carbocycles. The highest BCUT2D eigenvalue weighted by atomic mass is 32.1. The lowest BCUT2D eigenvalue weighted by Crippen LogP contribution is -2.48. The Kier molecular flexibility index (Phi) is 7.03. The van der Waals surface area contributed by atoms with E-state index in [0.717, 1.165) is 0 Å². The average Bonchev–Trinajstić information content (AvgIpc) is 3.01. The Bertz CT molecular complexity index is 496. The van der Waals surface area contributed by atoms with Crippen LogP contribution in [0.5, 0.6) is 0 Å². The molecular formula is C13H21N3O6S. The van der Waals surface area contributed by atoms with E-state index in [4.69, 9.17) is 22.7 Å². The van der Waals surface area contributed by atoms with Crippen LogP contribution in [0.25, 0.3) is 0 Å². The van der Waals surface area contributed by atoms with Crippen LogP contribution < -0.4 is 11.1 Å². The van der Waals surface area contributed by atoms with Crippen molar-refractivity contribution in [3.63, 3.8) is 0 Å². The summed E-state index contributed by atoms with van der Waals surface area (Å²) >= 11 is 5.05. The van der Waals surface area contributed by atoms with Crippen LogP contribution >= 0.6 is 12.2 Å². The molecule has 1 heterocycles. The van der Waals surface area contributed by atoms with E-state index in [-0.39, 0.29) is 6.42 Å². The van der Waals surface area contributed by atoms with E-state index in [9.17, 15) is 19.8 Å². The lowest BCUT2D eigenvalue weighted by molar-refractivity contribution is -0.362. The second-order valence-corrected chi connectivity index (χ2v) is 5.35. The molecule has 0 aromatic heterocycles. The second kappa shape index (κ2) is 8.31. The van der Waals surface area contributed by atoms with Crippen LogP contribution in [-0.4, -0.2) is 64.4 Å². The summed E-state index contributed by atoms with van der Waals surface area (Å²) in [5.74, 6) is -3.79. The number of ether oxygens (including phenoxy) is 2. The van der Waals surface area contributed by atoms with Crippen LogP contribution in [0.3, 0.4) is 0 Å². The third kappa shape index (κ3) is 5.22. The molecule has 0 saturated carbocycles. The minimum Gasteiger partial charge on any atom is -0.405 e. The molecule has 1 amide bonds. The molecule has 0 radical (unpaired) electrons. The van der Waals surface area contributed by atoms with Gasteiger partial charge in [0.1, 0.15) is 11.2 Å². The molecule has 0 bridgehead atoms. The van der Waals surface area contributed by atoms with Crippen LogP contribution in [0.4, 0.5) is 0 Å². The predicted octanol–water partition coefficient (Wildman–Crippen LogP) is -1.46. The Morgan fingerprint density at radius 1 is 1.57 bits per heavy atom. The van der Waals surface area contributed by atoms with Gasteiger partial charge in [-0.05, 0) is 25.3 Å². The van der Waals surface area contributed by atoms with Crippen LogP contribution in [0, 0.1) is 0 Å². The molecule has 1 fully saturated rings. The number of hydrogen-bond donors (Lipinski definition) is 4. The zero-order chi connectivity index (χ0) is 17.6. The lowest BCUT2D eigenvalue weighted by Gasteiger charge is -2.28. The van der Waals surface area contributed by atoms with E-state index in [2.05, 4.69) is 10.1 Å². The first-order valence-corrected chi connectivity index (χ1v) is 7.31. The van der Waals surface area contributed by atoms with Gasteiger partial charge in [0, 0.05) is 13.2 Å². The van der Waals surface area contributed by atoms with Crippen molar-refractivity contribution in [1.29, 1.82) is 0 Å². The Morgan fingerprint density at radius 3 is 2.74 bits per heavy atom. The molecule has 10 heteroatoms. The third-order valence-corrected chi connectivity index (χ3v) is 3.76. The smallest absolute Gasteiger partial charge is 0.352 e. The summed E-state index contributed by atoms with van der Waals surface area (Å²) < 4.78 is 9.85. The van der Waals surface area contributed by atoms with Crippen LogP contribution in [0.15, 0.2) is 11.8 Å². The molecule has 130 valence electrons. The van der Waals surface area contributed by atoms with Gasteiger partial charge in [-0.15, -0.1) is 0 Å². The van der Waals surface area contributed by atoms with E-state index >= 15 is 0 Å². The topological polar surface area (TPSA) is 134 Å². The average molecular weight is 347 g/mol. The molecule has 2 unspecified atom stereocenters. The number of esters is 1. The maximum atomic E-state index is 11.2. The number of hydrogen-bond acceptors (Lipinski definition) is 8. The van der Waals surface area contributed by atoms with Crippen LogP contribution in [-0.2, 0) is 19.1 Å². The zero-order valence-corrected chi connectivity index (χ0v) is 13.7. The molecular weight excluding hydrogens is 326 g/mol. The van der Waals surface area contributed by atoms with E-state index in [1.807, 2.05) is 0 Å². The van der Waals surface area contributed by atoms with Gasteiger partial charge in [0.15, 0.2) is 6.10 Å². The number of aliphatic hydroxyl groups is 2. The van der Waals surface area contributed by atoms with Crippen molar-refractivity contribution in [3.05, 3.63) is 11.8 Å². The maximum absolute atomic E-state index is 11.2. The standard InChI is InChI=1S/C13H21N3O6S/c1-8(12(23)15-2)6-16(7-17)10-4-3-9(21-10)13(19,20)22-11(18)5-14/h6-7,9-10,19-20H,3-5,14H2,1-2H3,(H,15,23)/b8-6-. The number of amides is 1. The largest absolute Gasteiger partial charge is 0.405 e. The summed E-state index contributed by atoms with van der Waals surface area (Å²) in [6.45, 7) is 1.22. The Balaban J connectivity index is 2.76. The summed E-state index contributed by atoms with van der Waals surface area (Å²) in [6.07, 6.45) is 0.585. The SMILES string of the molecule is CNC(=S)/C(C)=C\N(C=O)C1CCC(C(O)(O)OC(=O)CN)O1. The molecule has 1 aliphatic rings. The molecule has 0 aromatic rings. The van der Waals surface area contributed by atoms with Crippen molar-refractivity contribution < 1.29 is 29.3 Å². The fourth-order valence-electron chi connectivity index (χ4n) is 2.05. The van der Waals surface area contributed by atoms with E-state index in [1.165, 1.54) is 11.1 Å². The molecule has 23 heavy (non-hydrogen) atoms. The van der Waals surface area contributed by atoms with Crippen molar-refractivity contribution in [2.24, 2.45) is 5.73 Å². The van der Waals surface area contributed by atoms with E-state index in [0.29, 0.717) is 23.4 Å². The van der Waals surface area contributed by atoms with Gasteiger partial charge in [-0.1, -0.05) is 12.2 Å². The predicted molar refractivity (Wildman–Crippen MR) is 83.5 cm³/mol. The van der Waals surface area contributed by atoms with Gasteiger partial charge in [-0.3, -0.25) is 14.5 Å². The van der Waals surface area contributed by atoms with Gasteiger partial charge in [0.25, 0.3) is 0 Å². The third-order valence-electron chi connectivity index (χ3n) is 3.23. The normalized spacial score (nSPS) is 21.7. The summed E-state index contributed by atoms with van der Waals surface area (Å²) in [5, 5.41) is 22.3. The minimum atomic E-state index is -2.81. The molecule has 9 nitrogen and oxygen atoms in total.